The van der Waals surface area contributed by atoms with Crippen molar-refractivity contribution < 1.29 is 18.5 Å². The summed E-state index contributed by atoms with van der Waals surface area (Å²) in [6.45, 7) is 3.67. The summed E-state index contributed by atoms with van der Waals surface area (Å²) in [7, 11) is 1.62. The van der Waals surface area contributed by atoms with Crippen LogP contribution in [0.2, 0.25) is 0 Å². The van der Waals surface area contributed by atoms with Gasteiger partial charge in [-0.3, -0.25) is 4.79 Å². The number of carbonyl (C=O) groups is 1. The molecule has 1 aliphatic carbocycles. The summed E-state index contributed by atoms with van der Waals surface area (Å²) in [5.41, 5.74) is 3.82. The Bertz CT molecular complexity index is 1040. The molecule has 0 radical (unpaired) electrons. The third-order valence-corrected chi connectivity index (χ3v) is 4.93. The van der Waals surface area contributed by atoms with Gasteiger partial charge >= 0.3 is 0 Å². The monoisotopic (exact) mass is 366 g/mol. The first kappa shape index (κ1) is 17.4. The molecule has 27 heavy (non-hydrogen) atoms. The van der Waals surface area contributed by atoms with Crippen molar-refractivity contribution in [1.82, 2.24) is 5.16 Å². The second-order valence-electron chi connectivity index (χ2n) is 6.90. The van der Waals surface area contributed by atoms with E-state index in [2.05, 4.69) is 16.5 Å². The molecule has 1 aromatic carbocycles. The molecule has 1 aliphatic rings. The Balaban J connectivity index is 1.69. The number of nitrogens with one attached hydrogen (secondary N) is 1. The summed E-state index contributed by atoms with van der Waals surface area (Å²) in [6.07, 6.45) is 5.90. The van der Waals surface area contributed by atoms with E-state index in [-0.39, 0.29) is 5.91 Å². The van der Waals surface area contributed by atoms with E-state index in [0.29, 0.717) is 17.3 Å². The van der Waals surface area contributed by atoms with E-state index in [1.165, 1.54) is 12.0 Å². The van der Waals surface area contributed by atoms with Crippen LogP contribution in [-0.4, -0.2) is 18.2 Å². The highest BCUT2D eigenvalue weighted by Crippen LogP contribution is 2.37. The van der Waals surface area contributed by atoms with Crippen LogP contribution in [0.25, 0.3) is 16.5 Å². The normalized spacial score (nSPS) is 14.3. The highest BCUT2D eigenvalue weighted by molar-refractivity contribution is 6.04. The summed E-state index contributed by atoms with van der Waals surface area (Å²) in [5.74, 6) is 2.54. The number of ether oxygens (including phenoxy) is 1. The molecule has 1 N–H and O–H groups in total. The first-order valence-corrected chi connectivity index (χ1v) is 9.10. The predicted octanol–water partition coefficient (Wildman–Crippen LogP) is 4.66. The zero-order valence-electron chi connectivity index (χ0n) is 15.7. The van der Waals surface area contributed by atoms with Crippen LogP contribution in [-0.2, 0) is 17.6 Å². The first-order chi connectivity index (χ1) is 13.0. The van der Waals surface area contributed by atoms with Gasteiger partial charge in [0.1, 0.15) is 22.9 Å². The maximum absolute atomic E-state index is 12.3. The predicted molar refractivity (Wildman–Crippen MR) is 103 cm³/mol. The Labute approximate surface area is 157 Å². The molecular formula is C21H22N2O4. The minimum atomic E-state index is -0.267. The lowest BCUT2D eigenvalue weighted by atomic mass is 9.94. The van der Waals surface area contributed by atoms with E-state index in [4.69, 9.17) is 13.7 Å². The van der Waals surface area contributed by atoms with Crippen LogP contribution in [0.1, 0.15) is 42.4 Å². The van der Waals surface area contributed by atoms with Crippen LogP contribution in [0.5, 0.6) is 5.75 Å². The van der Waals surface area contributed by atoms with E-state index < -0.39 is 0 Å². The highest BCUT2D eigenvalue weighted by atomic mass is 16.5. The standard InChI is InChI=1S/C21H22N2O4/c1-12(8-21(24)22-20-9-13(2)27-23-20)15-10-16-14-6-4-5-7-17(14)26-19(16)11-18(15)25-3/h8-11H,4-7H2,1-3H3,(H,22,23,24)/b12-8+. The van der Waals surface area contributed by atoms with Crippen molar-refractivity contribution in [1.29, 1.82) is 0 Å². The number of anilines is 1. The average molecular weight is 366 g/mol. The lowest BCUT2D eigenvalue weighted by Crippen LogP contribution is -2.08. The Morgan fingerprint density at radius 1 is 1.26 bits per heavy atom. The van der Waals surface area contributed by atoms with Gasteiger partial charge in [0, 0.05) is 41.1 Å². The SMILES string of the molecule is COc1cc2oc3c(c2cc1/C(C)=C/C(=O)Nc1cc(C)on1)CCCC3. The van der Waals surface area contributed by atoms with Crippen LogP contribution in [0.3, 0.4) is 0 Å². The van der Waals surface area contributed by atoms with Crippen molar-refractivity contribution in [3.05, 3.63) is 46.9 Å². The molecule has 2 aromatic heterocycles. The van der Waals surface area contributed by atoms with E-state index >= 15 is 0 Å². The fourth-order valence-electron chi connectivity index (χ4n) is 3.63. The fourth-order valence-corrected chi connectivity index (χ4v) is 3.63. The topological polar surface area (TPSA) is 77.5 Å². The number of nitrogens with zero attached hydrogens (tertiary/aromatic N) is 1. The minimum absolute atomic E-state index is 0.267. The number of furan rings is 1. The number of benzene rings is 1. The van der Waals surface area contributed by atoms with Crippen LogP contribution in [0, 0.1) is 6.92 Å². The number of rotatable bonds is 4. The number of aryl methyl sites for hydroxylation is 3. The molecule has 6 nitrogen and oxygen atoms in total. The van der Waals surface area contributed by atoms with E-state index in [1.807, 2.05) is 13.0 Å². The zero-order valence-corrected chi connectivity index (χ0v) is 15.7. The van der Waals surface area contributed by atoms with Gasteiger partial charge in [-0.2, -0.15) is 0 Å². The number of carbonyl (C=O) groups excluding carboxylic acids is 1. The van der Waals surface area contributed by atoms with Gasteiger partial charge in [0.15, 0.2) is 5.82 Å². The lowest BCUT2D eigenvalue weighted by Gasteiger charge is -2.11. The molecule has 2 heterocycles. The summed E-state index contributed by atoms with van der Waals surface area (Å²) in [6, 6.07) is 5.66. The highest BCUT2D eigenvalue weighted by Gasteiger charge is 2.20. The van der Waals surface area contributed by atoms with Crippen LogP contribution in [0.15, 0.2) is 33.2 Å². The van der Waals surface area contributed by atoms with E-state index in [1.54, 1.807) is 26.2 Å². The van der Waals surface area contributed by atoms with Crippen LogP contribution < -0.4 is 10.1 Å². The van der Waals surface area contributed by atoms with E-state index in [0.717, 1.165) is 47.1 Å². The van der Waals surface area contributed by atoms with Crippen molar-refractivity contribution in [2.45, 2.75) is 39.5 Å². The van der Waals surface area contributed by atoms with Crippen LogP contribution >= 0.6 is 0 Å². The molecule has 0 aliphatic heterocycles. The molecule has 1 amide bonds. The Morgan fingerprint density at radius 3 is 2.81 bits per heavy atom. The fraction of sp³-hybridized carbons (Fsp3) is 0.333. The number of hydrogen-bond donors (Lipinski definition) is 1. The number of hydrogen-bond acceptors (Lipinski definition) is 5. The molecule has 0 saturated carbocycles. The van der Waals surface area contributed by atoms with Gasteiger partial charge in [-0.1, -0.05) is 5.16 Å². The molecule has 0 fully saturated rings. The minimum Gasteiger partial charge on any atom is -0.496 e. The summed E-state index contributed by atoms with van der Waals surface area (Å²) >= 11 is 0. The maximum Gasteiger partial charge on any atom is 0.249 e. The smallest absolute Gasteiger partial charge is 0.249 e. The molecule has 140 valence electrons. The summed E-state index contributed by atoms with van der Waals surface area (Å²) in [4.78, 5) is 12.3. The second kappa shape index (κ2) is 6.95. The molecule has 3 aromatic rings. The molecule has 0 atom stereocenters. The Hall–Kier alpha value is -3.02. The quantitative estimate of drug-likeness (QED) is 0.680. The van der Waals surface area contributed by atoms with Crippen molar-refractivity contribution in [2.24, 2.45) is 0 Å². The number of fused-ring (bicyclic) bond motifs is 3. The molecule has 0 spiro atoms. The van der Waals surface area contributed by atoms with Crippen molar-refractivity contribution >= 4 is 28.3 Å². The lowest BCUT2D eigenvalue weighted by molar-refractivity contribution is -0.111. The number of aromatic nitrogens is 1. The van der Waals surface area contributed by atoms with Crippen molar-refractivity contribution in [3.8, 4) is 5.75 Å². The summed E-state index contributed by atoms with van der Waals surface area (Å²) < 4.78 is 16.6. The van der Waals surface area contributed by atoms with Crippen molar-refractivity contribution in [3.63, 3.8) is 0 Å². The third kappa shape index (κ3) is 3.35. The number of methoxy groups -OCH3 is 1. The summed E-state index contributed by atoms with van der Waals surface area (Å²) in [5, 5.41) is 7.59. The van der Waals surface area contributed by atoms with Gasteiger partial charge in [-0.25, -0.2) is 0 Å². The van der Waals surface area contributed by atoms with Gasteiger partial charge < -0.3 is 19.0 Å². The Kier molecular flexibility index (Phi) is 4.48. The van der Waals surface area contributed by atoms with Gasteiger partial charge in [0.2, 0.25) is 5.91 Å². The van der Waals surface area contributed by atoms with Gasteiger partial charge in [-0.05, 0) is 44.7 Å². The van der Waals surface area contributed by atoms with Crippen molar-refractivity contribution in [2.75, 3.05) is 12.4 Å². The maximum atomic E-state index is 12.3. The molecule has 6 heteroatoms. The molecule has 4 rings (SSSR count). The molecule has 0 unspecified atom stereocenters. The zero-order chi connectivity index (χ0) is 19.0. The first-order valence-electron chi connectivity index (χ1n) is 9.10. The molecular weight excluding hydrogens is 344 g/mol. The Morgan fingerprint density at radius 2 is 2.07 bits per heavy atom. The van der Waals surface area contributed by atoms with E-state index in [9.17, 15) is 4.79 Å². The largest absolute Gasteiger partial charge is 0.496 e. The van der Waals surface area contributed by atoms with Gasteiger partial charge in [0.05, 0.1) is 7.11 Å². The van der Waals surface area contributed by atoms with Gasteiger partial charge in [0.25, 0.3) is 0 Å². The molecule has 0 bridgehead atoms. The van der Waals surface area contributed by atoms with Crippen LogP contribution in [0.4, 0.5) is 5.82 Å². The number of allylic oxidation sites excluding steroid dienone is 1. The van der Waals surface area contributed by atoms with Gasteiger partial charge in [-0.15, -0.1) is 0 Å². The molecule has 0 saturated heterocycles. The second-order valence-corrected chi connectivity index (χ2v) is 6.90. The average Bonchev–Trinajstić information content (AvgIpc) is 3.22. The number of amides is 1. The third-order valence-electron chi connectivity index (χ3n) is 4.93.